The van der Waals surface area contributed by atoms with E-state index in [2.05, 4.69) is 5.32 Å². The molecular weight excluding hydrogens is 380 g/mol. The summed E-state index contributed by atoms with van der Waals surface area (Å²) in [7, 11) is 0. The summed E-state index contributed by atoms with van der Waals surface area (Å²) < 4.78 is 11.1. The van der Waals surface area contributed by atoms with Crippen LogP contribution in [-0.4, -0.2) is 31.1 Å². The third-order valence-electron chi connectivity index (χ3n) is 5.33. The Bertz CT molecular complexity index is 1110. The average Bonchev–Trinajstić information content (AvgIpc) is 3.19. The molecule has 3 aromatic rings. The second-order valence-corrected chi connectivity index (χ2v) is 7.24. The van der Waals surface area contributed by atoms with Crippen LogP contribution in [0.3, 0.4) is 0 Å². The van der Waals surface area contributed by atoms with E-state index in [1.54, 1.807) is 35.2 Å². The van der Waals surface area contributed by atoms with E-state index < -0.39 is 6.04 Å². The maximum atomic E-state index is 13.3. The topological polar surface area (TPSA) is 67.9 Å². The van der Waals surface area contributed by atoms with Crippen LogP contribution in [-0.2, 0) is 11.2 Å². The minimum absolute atomic E-state index is 0.192. The zero-order valence-electron chi connectivity index (χ0n) is 16.2. The molecule has 0 fully saturated rings. The molecule has 0 unspecified atom stereocenters. The van der Waals surface area contributed by atoms with Gasteiger partial charge in [-0.3, -0.25) is 14.5 Å². The third-order valence-corrected chi connectivity index (χ3v) is 5.33. The number of para-hydroxylation sites is 1. The number of benzene rings is 3. The van der Waals surface area contributed by atoms with Crippen LogP contribution in [0.25, 0.3) is 0 Å². The van der Waals surface area contributed by atoms with E-state index in [1.165, 1.54) is 0 Å². The number of fused-ring (bicyclic) bond motifs is 2. The fraction of sp³-hybridized carbons (Fsp3) is 0.167. The Labute approximate surface area is 174 Å². The van der Waals surface area contributed by atoms with Crippen LogP contribution in [0, 0.1) is 0 Å². The number of amides is 2. The van der Waals surface area contributed by atoms with Crippen LogP contribution >= 0.6 is 0 Å². The molecule has 0 spiro atoms. The standard InChI is InChI=1S/C24H20N2O4/c27-23(25-18-10-11-21-22(15-18)30-13-12-29-21)20-14-17-8-4-5-9-19(17)26(20)24(28)16-6-2-1-3-7-16/h1-11,15,20H,12-14H2,(H,25,27)/t20-/m1/s1. The van der Waals surface area contributed by atoms with E-state index in [0.29, 0.717) is 42.4 Å². The third kappa shape index (κ3) is 3.26. The summed E-state index contributed by atoms with van der Waals surface area (Å²) in [6.45, 7) is 0.983. The summed E-state index contributed by atoms with van der Waals surface area (Å²) in [5.74, 6) is 0.828. The van der Waals surface area contributed by atoms with Gasteiger partial charge in [-0.2, -0.15) is 0 Å². The highest BCUT2D eigenvalue weighted by Gasteiger charge is 2.38. The first kappa shape index (κ1) is 18.2. The van der Waals surface area contributed by atoms with Crippen molar-refractivity contribution in [1.82, 2.24) is 0 Å². The number of hydrogen-bond donors (Lipinski definition) is 1. The highest BCUT2D eigenvalue weighted by atomic mass is 16.6. The summed E-state index contributed by atoms with van der Waals surface area (Å²) in [6, 6.07) is 21.3. The molecular formula is C24H20N2O4. The number of rotatable bonds is 3. The lowest BCUT2D eigenvalue weighted by molar-refractivity contribution is -0.117. The molecule has 0 aliphatic carbocycles. The molecule has 0 radical (unpaired) electrons. The second-order valence-electron chi connectivity index (χ2n) is 7.24. The first-order valence-corrected chi connectivity index (χ1v) is 9.88. The van der Waals surface area contributed by atoms with Gasteiger partial charge in [0.25, 0.3) is 5.91 Å². The highest BCUT2D eigenvalue weighted by Crippen LogP contribution is 2.35. The van der Waals surface area contributed by atoms with Gasteiger partial charge >= 0.3 is 0 Å². The molecule has 2 aliphatic rings. The zero-order valence-corrected chi connectivity index (χ0v) is 16.2. The van der Waals surface area contributed by atoms with Crippen molar-refractivity contribution in [2.75, 3.05) is 23.4 Å². The Morgan fingerprint density at radius 2 is 1.60 bits per heavy atom. The highest BCUT2D eigenvalue weighted by molar-refractivity contribution is 6.13. The average molecular weight is 400 g/mol. The molecule has 2 amide bonds. The van der Waals surface area contributed by atoms with E-state index in [9.17, 15) is 9.59 Å². The number of ether oxygens (including phenoxy) is 2. The first-order valence-electron chi connectivity index (χ1n) is 9.88. The Balaban J connectivity index is 1.43. The lowest BCUT2D eigenvalue weighted by atomic mass is 10.1. The Morgan fingerprint density at radius 1 is 0.867 bits per heavy atom. The van der Waals surface area contributed by atoms with Crippen LogP contribution in [0.5, 0.6) is 11.5 Å². The van der Waals surface area contributed by atoms with Gasteiger partial charge in [-0.05, 0) is 35.9 Å². The number of carbonyl (C=O) groups is 2. The van der Waals surface area contributed by atoms with Gasteiger partial charge in [0.1, 0.15) is 19.3 Å². The Kier molecular flexibility index (Phi) is 4.59. The van der Waals surface area contributed by atoms with Crippen LogP contribution in [0.1, 0.15) is 15.9 Å². The lowest BCUT2D eigenvalue weighted by Crippen LogP contribution is -2.45. The van der Waals surface area contributed by atoms with Gasteiger partial charge in [0.2, 0.25) is 5.91 Å². The molecule has 2 heterocycles. The predicted octanol–water partition coefficient (Wildman–Crippen LogP) is 3.67. The molecule has 0 bridgehead atoms. The fourth-order valence-corrected chi connectivity index (χ4v) is 3.91. The normalized spacial score (nSPS) is 16.7. The van der Waals surface area contributed by atoms with Gasteiger partial charge in [-0.1, -0.05) is 36.4 Å². The van der Waals surface area contributed by atoms with Crippen LogP contribution in [0.2, 0.25) is 0 Å². The van der Waals surface area contributed by atoms with Gasteiger partial charge in [-0.15, -0.1) is 0 Å². The summed E-state index contributed by atoms with van der Waals surface area (Å²) in [5, 5.41) is 2.94. The number of nitrogens with one attached hydrogen (secondary N) is 1. The predicted molar refractivity (Wildman–Crippen MR) is 113 cm³/mol. The maximum Gasteiger partial charge on any atom is 0.259 e. The van der Waals surface area contributed by atoms with E-state index in [1.807, 2.05) is 42.5 Å². The van der Waals surface area contributed by atoms with Gasteiger partial charge in [0.15, 0.2) is 11.5 Å². The largest absolute Gasteiger partial charge is 0.486 e. The molecule has 0 saturated heterocycles. The van der Waals surface area contributed by atoms with Crippen molar-refractivity contribution in [3.8, 4) is 11.5 Å². The Morgan fingerprint density at radius 3 is 2.43 bits per heavy atom. The maximum absolute atomic E-state index is 13.3. The smallest absolute Gasteiger partial charge is 0.259 e. The molecule has 0 aromatic heterocycles. The minimum Gasteiger partial charge on any atom is -0.486 e. The van der Waals surface area contributed by atoms with E-state index in [-0.39, 0.29) is 11.8 Å². The van der Waals surface area contributed by atoms with Gasteiger partial charge < -0.3 is 14.8 Å². The summed E-state index contributed by atoms with van der Waals surface area (Å²) >= 11 is 0. The van der Waals surface area contributed by atoms with Crippen molar-refractivity contribution in [2.24, 2.45) is 0 Å². The van der Waals surface area contributed by atoms with Crippen molar-refractivity contribution >= 4 is 23.2 Å². The summed E-state index contributed by atoms with van der Waals surface area (Å²) in [6.07, 6.45) is 0.463. The molecule has 0 saturated carbocycles. The molecule has 6 heteroatoms. The number of anilines is 2. The van der Waals surface area contributed by atoms with Crippen LogP contribution in [0.4, 0.5) is 11.4 Å². The Hall–Kier alpha value is -3.80. The fourth-order valence-electron chi connectivity index (χ4n) is 3.91. The van der Waals surface area contributed by atoms with Crippen molar-refractivity contribution in [3.63, 3.8) is 0 Å². The number of hydrogen-bond acceptors (Lipinski definition) is 4. The molecule has 2 aliphatic heterocycles. The second kappa shape index (κ2) is 7.55. The minimum atomic E-state index is -0.636. The zero-order chi connectivity index (χ0) is 20.5. The van der Waals surface area contributed by atoms with E-state index >= 15 is 0 Å². The monoisotopic (exact) mass is 400 g/mol. The number of carbonyl (C=O) groups excluding carboxylic acids is 2. The molecule has 5 rings (SSSR count). The quantitative estimate of drug-likeness (QED) is 0.729. The van der Waals surface area contributed by atoms with Crippen molar-refractivity contribution < 1.29 is 19.1 Å². The van der Waals surface area contributed by atoms with Crippen molar-refractivity contribution in [3.05, 3.63) is 83.9 Å². The molecule has 3 aromatic carbocycles. The SMILES string of the molecule is O=C(Nc1ccc2c(c1)OCCO2)[C@H]1Cc2ccccc2N1C(=O)c1ccccc1. The van der Waals surface area contributed by atoms with Gasteiger partial charge in [0.05, 0.1) is 0 Å². The van der Waals surface area contributed by atoms with Gasteiger partial charge in [0, 0.05) is 29.4 Å². The lowest BCUT2D eigenvalue weighted by Gasteiger charge is -2.25. The molecule has 150 valence electrons. The molecule has 6 nitrogen and oxygen atoms in total. The van der Waals surface area contributed by atoms with Crippen LogP contribution in [0.15, 0.2) is 72.8 Å². The van der Waals surface area contributed by atoms with Crippen molar-refractivity contribution in [1.29, 1.82) is 0 Å². The van der Waals surface area contributed by atoms with Gasteiger partial charge in [-0.25, -0.2) is 0 Å². The van der Waals surface area contributed by atoms with Crippen LogP contribution < -0.4 is 19.7 Å². The number of nitrogens with zero attached hydrogens (tertiary/aromatic N) is 1. The molecule has 30 heavy (non-hydrogen) atoms. The summed E-state index contributed by atoms with van der Waals surface area (Å²) in [5.41, 5.74) is 2.90. The first-order chi connectivity index (χ1) is 14.7. The van der Waals surface area contributed by atoms with Crippen molar-refractivity contribution in [2.45, 2.75) is 12.5 Å². The van der Waals surface area contributed by atoms with E-state index in [4.69, 9.17) is 9.47 Å². The molecule has 1 N–H and O–H groups in total. The van der Waals surface area contributed by atoms with E-state index in [0.717, 1.165) is 11.3 Å². The molecule has 1 atom stereocenters. The summed E-state index contributed by atoms with van der Waals surface area (Å²) in [4.78, 5) is 28.1.